The molecule has 0 spiro atoms. The highest BCUT2D eigenvalue weighted by molar-refractivity contribution is 6.53. The van der Waals surface area contributed by atoms with Gasteiger partial charge in [-0.2, -0.15) is 0 Å². The molecule has 8 heteroatoms. The summed E-state index contributed by atoms with van der Waals surface area (Å²) in [6.45, 7) is 4.13. The Morgan fingerprint density at radius 3 is 2.52 bits per heavy atom. The smallest absolute Gasteiger partial charge is 0.487 e. The fourth-order valence-electron chi connectivity index (χ4n) is 6.60. The number of halogens is 1. The fraction of sp³-hybridized carbons (Fsp3) is 0.600. The third-order valence-corrected chi connectivity index (χ3v) is 8.48. The van der Waals surface area contributed by atoms with Crippen LogP contribution in [0.25, 0.3) is 0 Å². The Kier molecular flexibility index (Phi) is 6.08. The number of nitrogens with zero attached hydrogens (tertiary/aromatic N) is 1. The molecular weight excluding hydrogens is 441 g/mol. The maximum absolute atomic E-state index is 13.7. The van der Waals surface area contributed by atoms with Crippen molar-refractivity contribution in [2.45, 2.75) is 70.9 Å². The molecule has 176 valence electrons. The number of phenols is 1. The average molecular weight is 472 g/mol. The maximum atomic E-state index is 13.7. The second kappa shape index (κ2) is 8.75. The Labute approximate surface area is 200 Å². The number of carbonyl (C=O) groups is 2. The van der Waals surface area contributed by atoms with Crippen LogP contribution in [0, 0.1) is 23.7 Å². The van der Waals surface area contributed by atoms with E-state index in [0.29, 0.717) is 23.4 Å². The van der Waals surface area contributed by atoms with Gasteiger partial charge in [-0.1, -0.05) is 56.4 Å². The molecule has 0 unspecified atom stereocenters. The average Bonchev–Trinajstić information content (AvgIpc) is 3.03. The molecule has 3 fully saturated rings. The number of hydrogen-bond acceptors (Lipinski definition) is 5. The van der Waals surface area contributed by atoms with Crippen LogP contribution < -0.4 is 0 Å². The summed E-state index contributed by atoms with van der Waals surface area (Å²) in [5.74, 6) is -1.02. The van der Waals surface area contributed by atoms with Gasteiger partial charge in [0, 0.05) is 11.1 Å². The van der Waals surface area contributed by atoms with Crippen molar-refractivity contribution in [3.8, 4) is 5.75 Å². The van der Waals surface area contributed by atoms with Crippen molar-refractivity contribution in [1.29, 1.82) is 0 Å². The molecule has 4 atom stereocenters. The normalized spacial score (nSPS) is 30.8. The number of amides is 2. The van der Waals surface area contributed by atoms with Crippen LogP contribution in [0.2, 0.25) is 5.02 Å². The van der Waals surface area contributed by atoms with Crippen LogP contribution in [0.15, 0.2) is 29.2 Å². The van der Waals surface area contributed by atoms with Gasteiger partial charge in [-0.05, 0) is 60.7 Å². The number of aromatic hydroxyl groups is 1. The van der Waals surface area contributed by atoms with Gasteiger partial charge in [-0.25, -0.2) is 0 Å². The van der Waals surface area contributed by atoms with Crippen molar-refractivity contribution in [3.63, 3.8) is 0 Å². The van der Waals surface area contributed by atoms with E-state index in [1.54, 1.807) is 17.0 Å². The summed E-state index contributed by atoms with van der Waals surface area (Å²) < 4.78 is 6.02. The lowest BCUT2D eigenvalue weighted by Gasteiger charge is -2.43. The van der Waals surface area contributed by atoms with Crippen LogP contribution in [-0.2, 0) is 14.2 Å². The first-order chi connectivity index (χ1) is 15.8. The lowest BCUT2D eigenvalue weighted by Crippen LogP contribution is -2.46. The summed E-state index contributed by atoms with van der Waals surface area (Å²) in [7, 11) is -1.15. The minimum atomic E-state index is -1.15. The van der Waals surface area contributed by atoms with E-state index in [9.17, 15) is 19.7 Å². The molecule has 2 amide bonds. The molecule has 1 aromatic rings. The van der Waals surface area contributed by atoms with Gasteiger partial charge >= 0.3 is 7.12 Å². The van der Waals surface area contributed by atoms with E-state index in [2.05, 4.69) is 13.8 Å². The molecule has 2 aliphatic heterocycles. The van der Waals surface area contributed by atoms with E-state index in [-0.39, 0.29) is 41.4 Å². The summed E-state index contributed by atoms with van der Waals surface area (Å²) in [5, 5.41) is 21.2. The molecule has 4 aliphatic rings. The Bertz CT molecular complexity index is 1000. The minimum absolute atomic E-state index is 0.00223. The number of allylic oxidation sites excluding steroid dienone is 2. The molecule has 2 heterocycles. The molecular formula is C25H31BClNO5. The molecule has 2 N–H and O–H groups in total. The Morgan fingerprint density at radius 1 is 1.12 bits per heavy atom. The summed E-state index contributed by atoms with van der Waals surface area (Å²) in [5.41, 5.74) is 2.49. The minimum Gasteiger partial charge on any atom is -0.508 e. The zero-order chi connectivity index (χ0) is 23.4. The predicted octanol–water partition coefficient (Wildman–Crippen LogP) is 4.43. The molecule has 1 aromatic carbocycles. The lowest BCUT2D eigenvalue weighted by atomic mass is 9.54. The Balaban J connectivity index is 1.53. The van der Waals surface area contributed by atoms with E-state index >= 15 is 0 Å². The number of fused-ring (bicyclic) bond motifs is 3. The second-order valence-electron chi connectivity index (χ2n) is 10.3. The first-order valence-electron chi connectivity index (χ1n) is 12.2. The van der Waals surface area contributed by atoms with Gasteiger partial charge in [-0.3, -0.25) is 14.5 Å². The molecule has 0 radical (unpaired) electrons. The maximum Gasteiger partial charge on any atom is 0.487 e. The van der Waals surface area contributed by atoms with Crippen molar-refractivity contribution in [3.05, 3.63) is 39.8 Å². The van der Waals surface area contributed by atoms with Gasteiger partial charge in [0.1, 0.15) is 5.75 Å². The summed E-state index contributed by atoms with van der Waals surface area (Å²) >= 11 is 6.39. The zero-order valence-corrected chi connectivity index (χ0v) is 19.9. The van der Waals surface area contributed by atoms with Gasteiger partial charge in [0.25, 0.3) is 0 Å². The Hall–Kier alpha value is -1.83. The van der Waals surface area contributed by atoms with E-state index in [4.69, 9.17) is 16.3 Å². The van der Waals surface area contributed by atoms with Crippen molar-refractivity contribution in [2.75, 3.05) is 0 Å². The van der Waals surface area contributed by atoms with Crippen molar-refractivity contribution in [2.24, 2.45) is 23.7 Å². The third-order valence-electron chi connectivity index (χ3n) is 8.15. The van der Waals surface area contributed by atoms with E-state index in [1.807, 2.05) is 0 Å². The number of likely N-dealkylation sites (tertiary alicyclic amines) is 1. The number of imide groups is 1. The summed E-state index contributed by atoms with van der Waals surface area (Å²) in [6, 6.07) is 4.70. The number of phenolic OH excluding ortho intramolecular Hbond substituents is 1. The van der Waals surface area contributed by atoms with Gasteiger partial charge in [0.2, 0.25) is 11.8 Å². The van der Waals surface area contributed by atoms with Crippen molar-refractivity contribution in [1.82, 2.24) is 4.90 Å². The number of benzene rings is 1. The monoisotopic (exact) mass is 471 g/mol. The fourth-order valence-corrected chi connectivity index (χ4v) is 6.90. The van der Waals surface area contributed by atoms with Crippen molar-refractivity contribution >= 4 is 30.5 Å². The predicted molar refractivity (Wildman–Crippen MR) is 125 cm³/mol. The molecule has 2 aliphatic carbocycles. The van der Waals surface area contributed by atoms with Gasteiger partial charge < -0.3 is 14.8 Å². The first-order valence-corrected chi connectivity index (χ1v) is 12.6. The molecule has 1 saturated carbocycles. The molecule has 0 aromatic heterocycles. The quantitative estimate of drug-likeness (QED) is 0.503. The highest BCUT2D eigenvalue weighted by Gasteiger charge is 2.59. The highest BCUT2D eigenvalue weighted by atomic mass is 35.5. The topological polar surface area (TPSA) is 87.1 Å². The molecule has 0 bridgehead atoms. The van der Waals surface area contributed by atoms with Gasteiger partial charge in [-0.15, -0.1) is 0 Å². The van der Waals surface area contributed by atoms with Crippen LogP contribution in [-0.4, -0.2) is 40.0 Å². The second-order valence-corrected chi connectivity index (χ2v) is 10.7. The SMILES string of the molecule is CC(C)C1=C2B(O)O[C@H](c3ccc(O)cc3Cl)C[C@H]2[C@H]2C(=O)N(C3CCCCC3)C(=O)[C@H]2C1. The van der Waals surface area contributed by atoms with Crippen LogP contribution >= 0.6 is 11.6 Å². The van der Waals surface area contributed by atoms with Gasteiger partial charge in [0.05, 0.1) is 17.9 Å². The molecule has 5 rings (SSSR count). The van der Waals surface area contributed by atoms with Crippen LogP contribution in [0.4, 0.5) is 0 Å². The number of rotatable bonds is 3. The number of hydrogen-bond donors (Lipinski definition) is 2. The van der Waals surface area contributed by atoms with Crippen LogP contribution in [0.3, 0.4) is 0 Å². The standard InChI is InChI=1S/C25H31BClNO5/c1-13(2)17-11-19-22(25(31)28(24(19)30)14-6-4-3-5-7-14)18-12-21(33-26(32)23(17)18)16-9-8-15(29)10-20(16)27/h8-10,13-14,18-19,21-22,29,32H,3-7,11-12H2,1-2H3/t18-,19-,21-,22+/m0/s1. The van der Waals surface area contributed by atoms with E-state index in [0.717, 1.165) is 43.1 Å². The van der Waals surface area contributed by atoms with Gasteiger partial charge in [0.15, 0.2) is 0 Å². The highest BCUT2D eigenvalue weighted by Crippen LogP contribution is 2.53. The third kappa shape index (κ3) is 3.82. The largest absolute Gasteiger partial charge is 0.508 e. The summed E-state index contributed by atoms with van der Waals surface area (Å²) in [6.07, 6.45) is 5.47. The first kappa shape index (κ1) is 22.9. The molecule has 33 heavy (non-hydrogen) atoms. The lowest BCUT2D eigenvalue weighted by molar-refractivity contribution is -0.143. The molecule has 2 saturated heterocycles. The zero-order valence-electron chi connectivity index (χ0n) is 19.2. The Morgan fingerprint density at radius 2 is 1.85 bits per heavy atom. The van der Waals surface area contributed by atoms with E-state index < -0.39 is 19.1 Å². The summed E-state index contributed by atoms with van der Waals surface area (Å²) in [4.78, 5) is 28.9. The van der Waals surface area contributed by atoms with Crippen LogP contribution in [0.1, 0.15) is 70.5 Å². The van der Waals surface area contributed by atoms with Crippen LogP contribution in [0.5, 0.6) is 5.75 Å². The van der Waals surface area contributed by atoms with E-state index in [1.165, 1.54) is 6.07 Å². The van der Waals surface area contributed by atoms with Crippen molar-refractivity contribution < 1.29 is 24.4 Å². The molecule has 6 nitrogen and oxygen atoms in total. The number of carbonyl (C=O) groups excluding carboxylic acids is 2.